The number of hydrogen-bond acceptors (Lipinski definition) is 5. The average molecular weight is 386 g/mol. The zero-order valence-corrected chi connectivity index (χ0v) is 14.8. The minimum absolute atomic E-state index is 0.621. The van der Waals surface area contributed by atoms with Crippen LogP contribution in [0.3, 0.4) is 0 Å². The number of ether oxygens (including phenoxy) is 1. The molecule has 3 aromatic carbocycles. The first-order chi connectivity index (χ1) is 12.9. The van der Waals surface area contributed by atoms with Gasteiger partial charge in [-0.05, 0) is 6.07 Å². The molecule has 0 amide bonds. The molecule has 7 heteroatoms. The number of fused-ring (bicyclic) bond motifs is 1. The van der Waals surface area contributed by atoms with Crippen molar-refractivity contribution in [1.29, 1.82) is 0 Å². The van der Waals surface area contributed by atoms with Crippen LogP contribution in [0.1, 0.15) is 16.7 Å². The molecule has 3 aromatic rings. The van der Waals surface area contributed by atoms with Gasteiger partial charge in [-0.2, -0.15) is 4.99 Å². The van der Waals surface area contributed by atoms with E-state index in [1.54, 1.807) is 6.40 Å². The van der Waals surface area contributed by atoms with E-state index in [0.29, 0.717) is 0 Å². The summed E-state index contributed by atoms with van der Waals surface area (Å²) in [7, 11) is -4.94. The number of nitrogens with one attached hydrogen (secondary N) is 1. The molecule has 1 N–H and O–H groups in total. The molecule has 6 nitrogen and oxygen atoms in total. The Labute approximate surface area is 158 Å². The maximum Gasteiger partial charge on any atom is 0.329 e. The lowest BCUT2D eigenvalue weighted by Gasteiger charge is -2.34. The van der Waals surface area contributed by atoms with E-state index in [1.165, 1.54) is 0 Å². The van der Waals surface area contributed by atoms with Crippen LogP contribution in [0.25, 0.3) is 0 Å². The van der Waals surface area contributed by atoms with Gasteiger partial charge in [0, 0.05) is 17.2 Å². The second-order valence-corrected chi connectivity index (χ2v) is 6.47. The van der Waals surface area contributed by atoms with Crippen molar-refractivity contribution >= 4 is 12.1 Å². The van der Waals surface area contributed by atoms with Gasteiger partial charge < -0.3 is 4.74 Å². The second-order valence-electron chi connectivity index (χ2n) is 5.72. The molecule has 0 saturated carbocycles. The molecule has 0 spiro atoms. The van der Waals surface area contributed by atoms with Crippen LogP contribution < -0.4 is 23.6 Å². The van der Waals surface area contributed by atoms with Crippen molar-refractivity contribution in [3.63, 3.8) is 0 Å². The fourth-order valence-electron chi connectivity index (χ4n) is 3.12. The lowest BCUT2D eigenvalue weighted by atomic mass is 9.79. The number of rotatable bonds is 2. The summed E-state index contributed by atoms with van der Waals surface area (Å²) in [5.74, 6) is 0. The lowest BCUT2D eigenvalue weighted by Crippen LogP contribution is -2.68. The van der Waals surface area contributed by atoms with Crippen molar-refractivity contribution in [3.8, 4) is 0 Å². The van der Waals surface area contributed by atoms with E-state index < -0.39 is 15.8 Å². The van der Waals surface area contributed by atoms with Gasteiger partial charge in [-0.3, -0.25) is 0 Å². The highest BCUT2D eigenvalue weighted by atomic mass is 35.7. The first-order valence-electron chi connectivity index (χ1n) is 7.99. The largest absolute Gasteiger partial charge is 0.428 e. The van der Waals surface area contributed by atoms with E-state index >= 15 is 0 Å². The molecule has 0 saturated heterocycles. The predicted octanol–water partition coefficient (Wildman–Crippen LogP) is -2.01. The molecule has 0 atom stereocenters. The molecule has 1 aliphatic heterocycles. The van der Waals surface area contributed by atoms with Crippen LogP contribution in [0, 0.1) is 10.2 Å². The monoisotopic (exact) mass is 385 g/mol. The van der Waals surface area contributed by atoms with E-state index in [9.17, 15) is 0 Å². The van der Waals surface area contributed by atoms with Gasteiger partial charge in [-0.1, -0.05) is 72.8 Å². The fraction of sp³-hybridized carbons (Fsp3) is 0.0500. The van der Waals surface area contributed by atoms with Gasteiger partial charge in [0.05, 0.1) is 5.56 Å². The van der Waals surface area contributed by atoms with Crippen LogP contribution in [0.15, 0.2) is 84.9 Å². The van der Waals surface area contributed by atoms with Crippen molar-refractivity contribution in [1.82, 2.24) is 0 Å². The third-order valence-corrected chi connectivity index (χ3v) is 4.12. The third-order valence-electron chi connectivity index (χ3n) is 4.12. The SMILES string of the molecule is C1=[NH+]c2ccccc2C(c2ccccc2)(c2ccccc2)O1.[O-][Cl+3]([O-])([O-])[O-]. The minimum atomic E-state index is -4.94. The van der Waals surface area contributed by atoms with Gasteiger partial charge in [-0.25, -0.2) is 18.6 Å². The summed E-state index contributed by atoms with van der Waals surface area (Å²) < 4.78 is 40.2. The first kappa shape index (κ1) is 19.0. The molecule has 1 aliphatic rings. The van der Waals surface area contributed by atoms with E-state index in [1.807, 2.05) is 42.5 Å². The molecule has 0 bridgehead atoms. The summed E-state index contributed by atoms with van der Waals surface area (Å²) in [6, 6.07) is 29.0. The Morgan fingerprint density at radius 2 is 1.11 bits per heavy atom. The highest BCUT2D eigenvalue weighted by Gasteiger charge is 2.43. The van der Waals surface area contributed by atoms with Crippen LogP contribution in [0.4, 0.5) is 5.69 Å². The Balaban J connectivity index is 0.000000376. The molecule has 27 heavy (non-hydrogen) atoms. The zero-order valence-electron chi connectivity index (χ0n) is 14.1. The Hall–Kier alpha value is -2.74. The van der Waals surface area contributed by atoms with Gasteiger partial charge in [0.2, 0.25) is 5.69 Å². The van der Waals surface area contributed by atoms with Crippen molar-refractivity contribution in [2.75, 3.05) is 0 Å². The van der Waals surface area contributed by atoms with Crippen molar-refractivity contribution in [2.24, 2.45) is 0 Å². The summed E-state index contributed by atoms with van der Waals surface area (Å²) >= 11 is 0. The van der Waals surface area contributed by atoms with E-state index in [2.05, 4.69) is 47.5 Å². The quantitative estimate of drug-likeness (QED) is 0.547. The molecule has 0 aliphatic carbocycles. The standard InChI is InChI=1S/C20H15NO.ClHO4/c1-3-9-16(10-4-1)20(17-11-5-2-6-12-17)18-13-7-8-14-19(18)21-15-22-20;2-1(3,4)5/h1-15H;(H,2,3,4,5). The smallest absolute Gasteiger partial charge is 0.329 e. The van der Waals surface area contributed by atoms with Crippen LogP contribution in [0.5, 0.6) is 0 Å². The summed E-state index contributed by atoms with van der Waals surface area (Å²) in [5.41, 5.74) is 3.80. The van der Waals surface area contributed by atoms with Gasteiger partial charge >= 0.3 is 6.40 Å². The van der Waals surface area contributed by atoms with Crippen LogP contribution in [-0.4, -0.2) is 6.40 Å². The molecule has 0 fully saturated rings. The maximum absolute atomic E-state index is 8.49. The summed E-state index contributed by atoms with van der Waals surface area (Å²) in [6.45, 7) is 0. The van der Waals surface area contributed by atoms with Crippen LogP contribution in [0.2, 0.25) is 0 Å². The Bertz CT molecular complexity index is 865. The van der Waals surface area contributed by atoms with Gasteiger partial charge in [0.1, 0.15) is 0 Å². The average Bonchev–Trinajstić information content (AvgIpc) is 2.67. The molecule has 138 valence electrons. The van der Waals surface area contributed by atoms with Gasteiger partial charge in [0.15, 0.2) is 5.60 Å². The lowest BCUT2D eigenvalue weighted by molar-refractivity contribution is -2.00. The highest BCUT2D eigenvalue weighted by Crippen LogP contribution is 2.42. The summed E-state index contributed by atoms with van der Waals surface area (Å²) in [6.07, 6.45) is 1.68. The van der Waals surface area contributed by atoms with Gasteiger partial charge in [-0.15, -0.1) is 10.2 Å². The Kier molecular flexibility index (Phi) is 5.55. The Morgan fingerprint density at radius 3 is 1.63 bits per heavy atom. The predicted molar refractivity (Wildman–Crippen MR) is 87.0 cm³/mol. The molecule has 4 rings (SSSR count). The summed E-state index contributed by atoms with van der Waals surface area (Å²) in [5, 5.41) is 0. The molecule has 0 aromatic heterocycles. The Morgan fingerprint density at radius 1 is 0.667 bits per heavy atom. The molecule has 0 unspecified atom stereocenters. The van der Waals surface area contributed by atoms with E-state index in [4.69, 9.17) is 23.4 Å². The minimum Gasteiger partial charge on any atom is -0.428 e. The molecule has 1 heterocycles. The molecule has 0 radical (unpaired) electrons. The third kappa shape index (κ3) is 4.33. The van der Waals surface area contributed by atoms with Crippen LogP contribution >= 0.6 is 0 Å². The van der Waals surface area contributed by atoms with E-state index in [0.717, 1.165) is 22.4 Å². The number of benzene rings is 3. The highest BCUT2D eigenvalue weighted by molar-refractivity contribution is 5.62. The number of halogens is 1. The number of para-hydroxylation sites is 1. The first-order valence-corrected chi connectivity index (χ1v) is 9.23. The topological polar surface area (TPSA) is 115 Å². The van der Waals surface area contributed by atoms with E-state index in [-0.39, 0.29) is 0 Å². The van der Waals surface area contributed by atoms with Crippen LogP contribution in [-0.2, 0) is 10.3 Å². The van der Waals surface area contributed by atoms with Gasteiger partial charge in [0.25, 0.3) is 0 Å². The van der Waals surface area contributed by atoms with Crippen molar-refractivity contribution in [2.45, 2.75) is 5.60 Å². The number of hydrogen-bond donors (Lipinski definition) is 1. The normalized spacial score (nSPS) is 14.4. The fourth-order valence-corrected chi connectivity index (χ4v) is 3.12. The van der Waals surface area contributed by atoms with Crippen molar-refractivity contribution < 1.29 is 38.6 Å². The van der Waals surface area contributed by atoms with Crippen molar-refractivity contribution in [3.05, 3.63) is 102 Å². The molecular weight excluding hydrogens is 370 g/mol. The molecular formula is C20H16ClNO5. The zero-order chi connectivity index (χ0) is 19.3. The maximum atomic E-state index is 8.49. The second kappa shape index (κ2) is 7.87. The summed E-state index contributed by atoms with van der Waals surface area (Å²) in [4.78, 5) is 3.21.